The van der Waals surface area contributed by atoms with Gasteiger partial charge in [0.15, 0.2) is 0 Å². The van der Waals surface area contributed by atoms with Gasteiger partial charge in [-0.15, -0.1) is 6.58 Å². The number of allylic oxidation sites excluding steroid dienone is 1. The zero-order valence-electron chi connectivity index (χ0n) is 9.04. The lowest BCUT2D eigenvalue weighted by atomic mass is 10.1. The molecule has 0 unspecified atom stereocenters. The van der Waals surface area contributed by atoms with E-state index in [0.29, 0.717) is 0 Å². The summed E-state index contributed by atoms with van der Waals surface area (Å²) in [7, 11) is 0. The topological polar surface area (TPSA) is 23.9 Å². The molecular weight excluding hydrogens is 146 g/mol. The van der Waals surface area contributed by atoms with Crippen LogP contribution in [0.4, 0.5) is 0 Å². The molecule has 0 aliphatic rings. The van der Waals surface area contributed by atoms with E-state index in [1.807, 2.05) is 13.8 Å². The molecule has 0 rings (SSSR count). The van der Waals surface area contributed by atoms with E-state index >= 15 is 0 Å². The summed E-state index contributed by atoms with van der Waals surface area (Å²) >= 11 is 0. The molecule has 0 aromatic heterocycles. The Balaban J connectivity index is 0. The van der Waals surface area contributed by atoms with Crippen molar-refractivity contribution in [2.45, 2.75) is 53.4 Å². The predicted octanol–water partition coefficient (Wildman–Crippen LogP) is 4.19. The van der Waals surface area contributed by atoms with Crippen LogP contribution in [0, 0.1) is 5.41 Å². The Hall–Kier alpha value is -0.590. The lowest BCUT2D eigenvalue weighted by Crippen LogP contribution is -1.92. The zero-order valence-corrected chi connectivity index (χ0v) is 9.04. The third kappa shape index (κ3) is 22.7. The molecule has 0 aromatic carbocycles. The Bertz CT molecular complexity index is 113. The summed E-state index contributed by atoms with van der Waals surface area (Å²) in [5.41, 5.74) is 2.08. The van der Waals surface area contributed by atoms with E-state index in [1.54, 1.807) is 0 Å². The Morgan fingerprint density at radius 3 is 1.50 bits per heavy atom. The molecule has 0 aliphatic carbocycles. The van der Waals surface area contributed by atoms with E-state index < -0.39 is 0 Å². The first kappa shape index (κ1) is 14.0. The van der Waals surface area contributed by atoms with Crippen LogP contribution in [0.3, 0.4) is 0 Å². The summed E-state index contributed by atoms with van der Waals surface area (Å²) in [5, 5.41) is 7.29. The summed E-state index contributed by atoms with van der Waals surface area (Å²) in [6.45, 7) is 11.7. The van der Waals surface area contributed by atoms with Crippen LogP contribution in [0.25, 0.3) is 0 Å². The van der Waals surface area contributed by atoms with Gasteiger partial charge in [0, 0.05) is 5.71 Å². The summed E-state index contributed by atoms with van der Waals surface area (Å²) < 4.78 is 0. The zero-order chi connectivity index (χ0) is 9.98. The lowest BCUT2D eigenvalue weighted by Gasteiger charge is -1.95. The maximum absolute atomic E-state index is 7.29. The highest BCUT2D eigenvalue weighted by Crippen LogP contribution is 1.96. The molecular formula is C11H23N. The van der Waals surface area contributed by atoms with Crippen molar-refractivity contribution < 1.29 is 0 Å². The minimum Gasteiger partial charge on any atom is -0.310 e. The molecule has 0 radical (unpaired) electrons. The molecule has 0 saturated heterocycles. The lowest BCUT2D eigenvalue weighted by molar-refractivity contribution is 0.906. The first-order valence-electron chi connectivity index (χ1n) is 4.72. The standard InChI is InChI=1S/C7H15N.C4H8/c1-3-5-7(8)6-4-2;1-4(2)3/h8H,3-6H2,1-2H3;1H2,2-3H3. The summed E-state index contributed by atoms with van der Waals surface area (Å²) in [6, 6.07) is 0. The molecule has 72 valence electrons. The number of rotatable bonds is 4. The maximum atomic E-state index is 7.29. The summed E-state index contributed by atoms with van der Waals surface area (Å²) in [4.78, 5) is 0. The van der Waals surface area contributed by atoms with Crippen molar-refractivity contribution in [3.8, 4) is 0 Å². The first-order chi connectivity index (χ1) is 5.54. The highest BCUT2D eigenvalue weighted by Gasteiger charge is 1.90. The third-order valence-corrected chi connectivity index (χ3v) is 1.10. The van der Waals surface area contributed by atoms with Gasteiger partial charge in [0.1, 0.15) is 0 Å². The van der Waals surface area contributed by atoms with Crippen molar-refractivity contribution >= 4 is 5.71 Å². The van der Waals surface area contributed by atoms with Crippen LogP contribution in [0.1, 0.15) is 53.4 Å². The second kappa shape index (κ2) is 10.4. The third-order valence-electron chi connectivity index (χ3n) is 1.10. The fourth-order valence-corrected chi connectivity index (χ4v) is 0.729. The van der Waals surface area contributed by atoms with E-state index in [0.717, 1.165) is 31.4 Å². The molecule has 1 N–H and O–H groups in total. The average Bonchev–Trinajstić information content (AvgIpc) is 1.87. The van der Waals surface area contributed by atoms with Gasteiger partial charge in [0.25, 0.3) is 0 Å². The van der Waals surface area contributed by atoms with Crippen molar-refractivity contribution in [3.05, 3.63) is 12.2 Å². The van der Waals surface area contributed by atoms with Gasteiger partial charge in [-0.25, -0.2) is 0 Å². The minimum absolute atomic E-state index is 0.912. The molecule has 0 saturated carbocycles. The second-order valence-corrected chi connectivity index (χ2v) is 3.31. The number of hydrogen-bond acceptors (Lipinski definition) is 1. The molecule has 0 aromatic rings. The van der Waals surface area contributed by atoms with Crippen molar-refractivity contribution in [2.24, 2.45) is 0 Å². The van der Waals surface area contributed by atoms with Crippen LogP contribution >= 0.6 is 0 Å². The fourth-order valence-electron chi connectivity index (χ4n) is 0.729. The van der Waals surface area contributed by atoms with Gasteiger partial charge >= 0.3 is 0 Å². The molecule has 0 fully saturated rings. The number of nitrogens with one attached hydrogen (secondary N) is 1. The quantitative estimate of drug-likeness (QED) is 0.482. The van der Waals surface area contributed by atoms with Gasteiger partial charge in [0.05, 0.1) is 0 Å². The highest BCUT2D eigenvalue weighted by molar-refractivity contribution is 5.81. The van der Waals surface area contributed by atoms with Crippen LogP contribution < -0.4 is 0 Å². The number of hydrogen-bond donors (Lipinski definition) is 1. The van der Waals surface area contributed by atoms with Crippen LogP contribution in [0.15, 0.2) is 12.2 Å². The van der Waals surface area contributed by atoms with Crippen LogP contribution in [-0.4, -0.2) is 5.71 Å². The van der Waals surface area contributed by atoms with Crippen molar-refractivity contribution in [3.63, 3.8) is 0 Å². The molecule has 1 heteroatoms. The van der Waals surface area contributed by atoms with E-state index in [9.17, 15) is 0 Å². The summed E-state index contributed by atoms with van der Waals surface area (Å²) in [5.74, 6) is 0. The average molecular weight is 169 g/mol. The van der Waals surface area contributed by atoms with Gasteiger partial charge in [-0.3, -0.25) is 0 Å². The van der Waals surface area contributed by atoms with E-state index in [4.69, 9.17) is 5.41 Å². The van der Waals surface area contributed by atoms with Gasteiger partial charge < -0.3 is 5.41 Å². The Labute approximate surface area is 77.4 Å². The fraction of sp³-hybridized carbons (Fsp3) is 0.727. The van der Waals surface area contributed by atoms with Crippen molar-refractivity contribution in [1.82, 2.24) is 0 Å². The normalized spacial score (nSPS) is 8.33. The Morgan fingerprint density at radius 1 is 1.08 bits per heavy atom. The smallest absolute Gasteiger partial charge is 0.00889 e. The monoisotopic (exact) mass is 169 g/mol. The Morgan fingerprint density at radius 2 is 1.33 bits per heavy atom. The van der Waals surface area contributed by atoms with Crippen LogP contribution in [0.5, 0.6) is 0 Å². The van der Waals surface area contributed by atoms with E-state index in [2.05, 4.69) is 20.4 Å². The van der Waals surface area contributed by atoms with Gasteiger partial charge in [0.2, 0.25) is 0 Å². The molecule has 0 bridgehead atoms. The summed E-state index contributed by atoms with van der Waals surface area (Å²) in [6.07, 6.45) is 4.24. The highest BCUT2D eigenvalue weighted by atomic mass is 14.4. The van der Waals surface area contributed by atoms with Crippen LogP contribution in [-0.2, 0) is 0 Å². The molecule has 12 heavy (non-hydrogen) atoms. The van der Waals surface area contributed by atoms with E-state index in [1.165, 1.54) is 5.57 Å². The largest absolute Gasteiger partial charge is 0.310 e. The molecule has 0 aliphatic heterocycles. The minimum atomic E-state index is 0.912. The first-order valence-corrected chi connectivity index (χ1v) is 4.72. The van der Waals surface area contributed by atoms with Gasteiger partial charge in [-0.05, 0) is 26.7 Å². The van der Waals surface area contributed by atoms with Crippen LogP contribution in [0.2, 0.25) is 0 Å². The van der Waals surface area contributed by atoms with Crippen molar-refractivity contribution in [2.75, 3.05) is 0 Å². The molecule has 0 amide bonds. The molecule has 0 spiro atoms. The van der Waals surface area contributed by atoms with E-state index in [-0.39, 0.29) is 0 Å². The molecule has 1 nitrogen and oxygen atoms in total. The molecule has 0 atom stereocenters. The SMILES string of the molecule is C=C(C)C.CCCC(=N)CCC. The van der Waals surface area contributed by atoms with Gasteiger partial charge in [-0.2, -0.15) is 0 Å². The van der Waals surface area contributed by atoms with Gasteiger partial charge in [-0.1, -0.05) is 32.3 Å². The second-order valence-electron chi connectivity index (χ2n) is 3.31. The Kier molecular flexibility index (Phi) is 12.1. The van der Waals surface area contributed by atoms with Crippen molar-refractivity contribution in [1.29, 1.82) is 5.41 Å². The predicted molar refractivity (Wildman–Crippen MR) is 58.0 cm³/mol. The molecule has 0 heterocycles. The maximum Gasteiger partial charge on any atom is 0.00889 e.